The maximum Gasteiger partial charge on any atom is 0.273 e. The van der Waals surface area contributed by atoms with E-state index < -0.39 is 0 Å². The fraction of sp³-hybridized carbons (Fsp3) is 0.474. The number of carbonyl (C=O) groups is 1. The summed E-state index contributed by atoms with van der Waals surface area (Å²) in [6, 6.07) is 12.4. The van der Waals surface area contributed by atoms with Gasteiger partial charge in [0, 0.05) is 31.1 Å². The molecule has 1 amide bonds. The lowest BCUT2D eigenvalue weighted by Crippen LogP contribution is -2.47. The van der Waals surface area contributed by atoms with Crippen LogP contribution in [0.3, 0.4) is 0 Å². The minimum atomic E-state index is -0.141. The highest BCUT2D eigenvalue weighted by atomic mass is 16.5. The molecule has 3 rings (SSSR count). The molecule has 1 fully saturated rings. The van der Waals surface area contributed by atoms with Gasteiger partial charge in [-0.25, -0.2) is 0 Å². The van der Waals surface area contributed by atoms with Crippen LogP contribution < -0.4 is 5.32 Å². The number of hydrogen-bond acceptors (Lipinski definition) is 4. The summed E-state index contributed by atoms with van der Waals surface area (Å²) < 4.78 is 5.22. The highest BCUT2D eigenvalue weighted by Crippen LogP contribution is 2.17. The Morgan fingerprint density at radius 1 is 1.38 bits per heavy atom. The molecule has 0 bridgehead atoms. The molecule has 2 heterocycles. The third-order valence-electron chi connectivity index (χ3n) is 4.42. The second-order valence-corrected chi connectivity index (χ2v) is 6.80. The van der Waals surface area contributed by atoms with Crippen LogP contribution in [0.15, 0.2) is 40.9 Å². The van der Waals surface area contributed by atoms with E-state index in [1.165, 1.54) is 5.56 Å². The van der Waals surface area contributed by atoms with Crippen LogP contribution in [-0.4, -0.2) is 35.1 Å². The van der Waals surface area contributed by atoms with Gasteiger partial charge in [0.1, 0.15) is 5.76 Å². The molecule has 0 radical (unpaired) electrons. The van der Waals surface area contributed by atoms with Crippen LogP contribution in [0, 0.1) is 0 Å². The molecule has 1 aromatic carbocycles. The van der Waals surface area contributed by atoms with Crippen molar-refractivity contribution in [1.29, 1.82) is 0 Å². The summed E-state index contributed by atoms with van der Waals surface area (Å²) >= 11 is 0. The van der Waals surface area contributed by atoms with Gasteiger partial charge in [0.15, 0.2) is 5.69 Å². The van der Waals surface area contributed by atoms with Gasteiger partial charge in [-0.1, -0.05) is 49.3 Å². The van der Waals surface area contributed by atoms with Gasteiger partial charge >= 0.3 is 0 Å². The van der Waals surface area contributed by atoms with Crippen molar-refractivity contribution >= 4 is 5.91 Å². The zero-order valence-electron chi connectivity index (χ0n) is 14.4. The standard InChI is InChI=1S/C19H25N3O2/c1-14(2)18-11-17(21-24-18)19(23)20-16-9-6-10-22(13-16)12-15-7-4-3-5-8-15/h3-5,7-8,11,14,16H,6,9-10,12-13H2,1-2H3,(H,20,23)/t16-/m1/s1. The van der Waals surface area contributed by atoms with Crippen molar-refractivity contribution < 1.29 is 9.32 Å². The molecule has 0 aliphatic carbocycles. The molecular formula is C19H25N3O2. The Hall–Kier alpha value is -2.14. The van der Waals surface area contributed by atoms with Crippen LogP contribution in [0.4, 0.5) is 0 Å². The number of nitrogens with one attached hydrogen (secondary N) is 1. The molecular weight excluding hydrogens is 302 g/mol. The fourth-order valence-electron chi connectivity index (χ4n) is 3.09. The summed E-state index contributed by atoms with van der Waals surface area (Å²) in [6.45, 7) is 6.91. The minimum absolute atomic E-state index is 0.141. The molecule has 1 atom stereocenters. The predicted molar refractivity (Wildman–Crippen MR) is 92.8 cm³/mol. The highest BCUT2D eigenvalue weighted by molar-refractivity contribution is 5.92. The van der Waals surface area contributed by atoms with Crippen LogP contribution in [0.2, 0.25) is 0 Å². The first-order chi connectivity index (χ1) is 11.6. The summed E-state index contributed by atoms with van der Waals surface area (Å²) in [6.07, 6.45) is 2.10. The van der Waals surface area contributed by atoms with Gasteiger partial charge < -0.3 is 9.84 Å². The third-order valence-corrected chi connectivity index (χ3v) is 4.42. The number of rotatable bonds is 5. The second kappa shape index (κ2) is 7.62. The number of likely N-dealkylation sites (tertiary alicyclic amines) is 1. The van der Waals surface area contributed by atoms with Gasteiger partial charge in [0.25, 0.3) is 5.91 Å². The highest BCUT2D eigenvalue weighted by Gasteiger charge is 2.23. The first-order valence-electron chi connectivity index (χ1n) is 8.65. The van der Waals surface area contributed by atoms with E-state index in [4.69, 9.17) is 4.52 Å². The Kier molecular flexibility index (Phi) is 5.30. The largest absolute Gasteiger partial charge is 0.360 e. The molecule has 128 valence electrons. The third kappa shape index (κ3) is 4.23. The maximum atomic E-state index is 12.4. The smallest absolute Gasteiger partial charge is 0.273 e. The Morgan fingerprint density at radius 2 is 2.17 bits per heavy atom. The normalized spacial score (nSPS) is 18.7. The first kappa shape index (κ1) is 16.7. The lowest BCUT2D eigenvalue weighted by atomic mass is 10.0. The molecule has 5 heteroatoms. The number of hydrogen-bond donors (Lipinski definition) is 1. The molecule has 1 aliphatic heterocycles. The van der Waals surface area contributed by atoms with E-state index in [0.717, 1.165) is 38.2 Å². The lowest BCUT2D eigenvalue weighted by Gasteiger charge is -2.33. The first-order valence-corrected chi connectivity index (χ1v) is 8.65. The molecule has 24 heavy (non-hydrogen) atoms. The number of piperidine rings is 1. The summed E-state index contributed by atoms with van der Waals surface area (Å²) in [7, 11) is 0. The molecule has 0 unspecified atom stereocenters. The van der Waals surface area contributed by atoms with E-state index >= 15 is 0 Å². The van der Waals surface area contributed by atoms with E-state index in [0.29, 0.717) is 5.69 Å². The molecule has 1 aliphatic rings. The van der Waals surface area contributed by atoms with Crippen LogP contribution in [0.5, 0.6) is 0 Å². The van der Waals surface area contributed by atoms with Crippen LogP contribution >= 0.6 is 0 Å². The monoisotopic (exact) mass is 327 g/mol. The average molecular weight is 327 g/mol. The van der Waals surface area contributed by atoms with E-state index in [2.05, 4.69) is 39.6 Å². The van der Waals surface area contributed by atoms with Gasteiger partial charge in [0.05, 0.1) is 0 Å². The van der Waals surface area contributed by atoms with Crippen molar-refractivity contribution in [3.05, 3.63) is 53.4 Å². The Labute approximate surface area is 143 Å². The van der Waals surface area contributed by atoms with E-state index in [1.807, 2.05) is 19.9 Å². The molecule has 5 nitrogen and oxygen atoms in total. The number of nitrogens with zero attached hydrogens (tertiary/aromatic N) is 2. The van der Waals surface area contributed by atoms with Crippen molar-refractivity contribution in [2.45, 2.75) is 45.2 Å². The number of amides is 1. The molecule has 2 aromatic rings. The minimum Gasteiger partial charge on any atom is -0.360 e. The fourth-order valence-corrected chi connectivity index (χ4v) is 3.09. The number of benzene rings is 1. The topological polar surface area (TPSA) is 58.4 Å². The zero-order chi connectivity index (χ0) is 16.9. The Morgan fingerprint density at radius 3 is 2.88 bits per heavy atom. The summed E-state index contributed by atoms with van der Waals surface area (Å²) in [5.74, 6) is 0.835. The van der Waals surface area contributed by atoms with E-state index in [-0.39, 0.29) is 17.9 Å². The van der Waals surface area contributed by atoms with Crippen molar-refractivity contribution in [2.24, 2.45) is 0 Å². The molecule has 0 saturated carbocycles. The van der Waals surface area contributed by atoms with Crippen molar-refractivity contribution in [2.75, 3.05) is 13.1 Å². The quantitative estimate of drug-likeness (QED) is 0.916. The summed E-state index contributed by atoms with van der Waals surface area (Å²) in [5.41, 5.74) is 1.68. The van der Waals surface area contributed by atoms with Gasteiger partial charge in [-0.3, -0.25) is 9.69 Å². The second-order valence-electron chi connectivity index (χ2n) is 6.80. The van der Waals surface area contributed by atoms with Gasteiger partial charge in [-0.05, 0) is 24.9 Å². The SMILES string of the molecule is CC(C)c1cc(C(=O)N[C@@H]2CCCN(Cc3ccccc3)C2)no1. The summed E-state index contributed by atoms with van der Waals surface area (Å²) in [5, 5.41) is 6.99. The van der Waals surface area contributed by atoms with E-state index in [1.54, 1.807) is 6.07 Å². The van der Waals surface area contributed by atoms with Gasteiger partial charge in [-0.15, -0.1) is 0 Å². The van der Waals surface area contributed by atoms with Crippen molar-refractivity contribution in [3.8, 4) is 0 Å². The Balaban J connectivity index is 1.55. The molecule has 1 aromatic heterocycles. The van der Waals surface area contributed by atoms with Crippen LogP contribution in [-0.2, 0) is 6.54 Å². The van der Waals surface area contributed by atoms with Gasteiger partial charge in [-0.2, -0.15) is 0 Å². The summed E-state index contributed by atoms with van der Waals surface area (Å²) in [4.78, 5) is 14.8. The molecule has 1 N–H and O–H groups in total. The van der Waals surface area contributed by atoms with E-state index in [9.17, 15) is 4.79 Å². The van der Waals surface area contributed by atoms with Crippen molar-refractivity contribution in [1.82, 2.24) is 15.4 Å². The molecule has 0 spiro atoms. The average Bonchev–Trinajstić information content (AvgIpc) is 3.06. The Bertz CT molecular complexity index is 666. The zero-order valence-corrected chi connectivity index (χ0v) is 14.4. The van der Waals surface area contributed by atoms with Crippen LogP contribution in [0.1, 0.15) is 54.4 Å². The van der Waals surface area contributed by atoms with Gasteiger partial charge in [0.2, 0.25) is 0 Å². The lowest BCUT2D eigenvalue weighted by molar-refractivity contribution is 0.0891. The number of carbonyl (C=O) groups excluding carboxylic acids is 1. The van der Waals surface area contributed by atoms with Crippen molar-refractivity contribution in [3.63, 3.8) is 0 Å². The predicted octanol–water partition coefficient (Wildman–Crippen LogP) is 3.19. The maximum absolute atomic E-state index is 12.4. The number of aromatic nitrogens is 1. The van der Waals surface area contributed by atoms with Crippen LogP contribution in [0.25, 0.3) is 0 Å². The molecule has 1 saturated heterocycles.